The molecule has 0 fully saturated rings. The van der Waals surface area contributed by atoms with E-state index < -0.39 is 0 Å². The van der Waals surface area contributed by atoms with E-state index in [-0.39, 0.29) is 12.1 Å². The Morgan fingerprint density at radius 1 is 1.67 bits per heavy atom. The predicted octanol–water partition coefficient (Wildman–Crippen LogP) is 0.494. The van der Waals surface area contributed by atoms with E-state index in [9.17, 15) is 0 Å². The van der Waals surface area contributed by atoms with E-state index >= 15 is 0 Å². The average Bonchev–Trinajstić information content (AvgIpc) is 2.51. The molecule has 1 aromatic heterocycles. The normalized spacial score (nSPS) is 13.7. The molecule has 0 saturated carbocycles. The fourth-order valence-corrected chi connectivity index (χ4v) is 0.713. The van der Waals surface area contributed by atoms with Crippen LogP contribution in [0.3, 0.4) is 0 Å². The van der Waals surface area contributed by atoms with Gasteiger partial charge in [-0.25, -0.2) is 0 Å². The second-order valence-corrected chi connectivity index (χ2v) is 2.78. The van der Waals surface area contributed by atoms with Crippen LogP contribution >= 0.6 is 0 Å². The molecule has 0 saturated heterocycles. The lowest BCUT2D eigenvalue weighted by Crippen LogP contribution is -2.20. The summed E-state index contributed by atoms with van der Waals surface area (Å²) in [6.07, 6.45) is 1.42. The maximum atomic E-state index is 5.68. The summed E-state index contributed by atoms with van der Waals surface area (Å²) in [5.74, 6) is 0.482. The van der Waals surface area contributed by atoms with Crippen LogP contribution in [-0.2, 0) is 4.74 Å². The Bertz CT molecular complexity index is 210. The zero-order valence-corrected chi connectivity index (χ0v) is 7.23. The van der Waals surface area contributed by atoms with Gasteiger partial charge in [-0.3, -0.25) is 0 Å². The zero-order valence-electron chi connectivity index (χ0n) is 7.23. The molecule has 5 heteroatoms. The number of hydrogen-bond acceptors (Lipinski definition) is 5. The Balaban J connectivity index is 2.34. The van der Waals surface area contributed by atoms with Crippen molar-refractivity contribution in [1.82, 2.24) is 10.1 Å². The summed E-state index contributed by atoms with van der Waals surface area (Å²) in [4.78, 5) is 3.81. The SMILES string of the molecule is CC(C)OCC(N)c1ncon1. The van der Waals surface area contributed by atoms with Crippen molar-refractivity contribution in [3.63, 3.8) is 0 Å². The van der Waals surface area contributed by atoms with E-state index in [1.165, 1.54) is 6.39 Å². The molecular formula is C7H13N3O2. The van der Waals surface area contributed by atoms with Gasteiger partial charge >= 0.3 is 0 Å². The Labute approximate surface area is 70.9 Å². The van der Waals surface area contributed by atoms with Crippen LogP contribution in [0.15, 0.2) is 10.9 Å². The Morgan fingerprint density at radius 2 is 2.42 bits per heavy atom. The summed E-state index contributed by atoms with van der Waals surface area (Å²) in [5.41, 5.74) is 5.68. The number of ether oxygens (including phenoxy) is 1. The van der Waals surface area contributed by atoms with Crippen LogP contribution in [0.1, 0.15) is 25.7 Å². The largest absolute Gasteiger partial charge is 0.377 e. The summed E-state index contributed by atoms with van der Waals surface area (Å²) in [7, 11) is 0. The van der Waals surface area contributed by atoms with Crippen LogP contribution < -0.4 is 5.73 Å². The lowest BCUT2D eigenvalue weighted by Gasteiger charge is -2.10. The van der Waals surface area contributed by atoms with Crippen molar-refractivity contribution in [3.8, 4) is 0 Å². The van der Waals surface area contributed by atoms with Crippen LogP contribution in [0.2, 0.25) is 0 Å². The average molecular weight is 171 g/mol. The molecule has 0 aromatic carbocycles. The Morgan fingerprint density at radius 3 is 2.92 bits per heavy atom. The van der Waals surface area contributed by atoms with Crippen LogP contribution in [0.25, 0.3) is 0 Å². The summed E-state index contributed by atoms with van der Waals surface area (Å²) < 4.78 is 9.83. The van der Waals surface area contributed by atoms with Crippen LogP contribution in [-0.4, -0.2) is 22.9 Å². The highest BCUT2D eigenvalue weighted by Crippen LogP contribution is 2.04. The molecule has 0 aliphatic rings. The molecule has 1 unspecified atom stereocenters. The van der Waals surface area contributed by atoms with Crippen molar-refractivity contribution in [1.29, 1.82) is 0 Å². The van der Waals surface area contributed by atoms with E-state index in [1.54, 1.807) is 0 Å². The first-order valence-electron chi connectivity index (χ1n) is 3.83. The van der Waals surface area contributed by atoms with Gasteiger partial charge < -0.3 is 15.0 Å². The zero-order chi connectivity index (χ0) is 8.97. The fraction of sp³-hybridized carbons (Fsp3) is 0.714. The van der Waals surface area contributed by atoms with Gasteiger partial charge in [0.15, 0.2) is 5.82 Å². The Hall–Kier alpha value is -0.940. The van der Waals surface area contributed by atoms with Gasteiger partial charge in [0.2, 0.25) is 6.39 Å². The minimum atomic E-state index is -0.300. The maximum Gasteiger partial charge on any atom is 0.213 e. The lowest BCUT2D eigenvalue weighted by atomic mass is 10.3. The molecule has 68 valence electrons. The summed E-state index contributed by atoms with van der Waals surface area (Å²) >= 11 is 0. The van der Waals surface area contributed by atoms with E-state index in [0.717, 1.165) is 0 Å². The van der Waals surface area contributed by atoms with Crippen molar-refractivity contribution in [2.75, 3.05) is 6.61 Å². The molecule has 1 atom stereocenters. The highest BCUT2D eigenvalue weighted by atomic mass is 16.5. The summed E-state index contributed by atoms with van der Waals surface area (Å²) in [5, 5.41) is 3.60. The summed E-state index contributed by atoms with van der Waals surface area (Å²) in [6.45, 7) is 4.31. The predicted molar refractivity (Wildman–Crippen MR) is 42.3 cm³/mol. The second-order valence-electron chi connectivity index (χ2n) is 2.78. The maximum absolute atomic E-state index is 5.68. The minimum absolute atomic E-state index is 0.169. The third-order valence-electron chi connectivity index (χ3n) is 1.32. The van der Waals surface area contributed by atoms with Crippen molar-refractivity contribution in [3.05, 3.63) is 12.2 Å². The third-order valence-corrected chi connectivity index (χ3v) is 1.32. The minimum Gasteiger partial charge on any atom is -0.377 e. The molecule has 1 aromatic rings. The number of aromatic nitrogens is 2. The number of rotatable bonds is 4. The second kappa shape index (κ2) is 4.18. The molecule has 2 N–H and O–H groups in total. The highest BCUT2D eigenvalue weighted by molar-refractivity contribution is 4.87. The molecular weight excluding hydrogens is 158 g/mol. The van der Waals surface area contributed by atoms with E-state index in [4.69, 9.17) is 10.5 Å². The molecule has 5 nitrogen and oxygen atoms in total. The Kier molecular flexibility index (Phi) is 3.19. The number of hydrogen-bond donors (Lipinski definition) is 1. The van der Waals surface area contributed by atoms with Gasteiger partial charge in [-0.1, -0.05) is 5.16 Å². The molecule has 0 spiro atoms. The first-order chi connectivity index (χ1) is 5.70. The monoisotopic (exact) mass is 171 g/mol. The quantitative estimate of drug-likeness (QED) is 0.713. The first kappa shape index (κ1) is 9.15. The lowest BCUT2D eigenvalue weighted by molar-refractivity contribution is 0.0665. The van der Waals surface area contributed by atoms with Crippen LogP contribution in [0.5, 0.6) is 0 Å². The summed E-state index contributed by atoms with van der Waals surface area (Å²) in [6, 6.07) is -0.300. The van der Waals surface area contributed by atoms with Crippen LogP contribution in [0, 0.1) is 0 Å². The third kappa shape index (κ3) is 2.60. The van der Waals surface area contributed by atoms with Crippen molar-refractivity contribution in [2.24, 2.45) is 5.73 Å². The molecule has 0 amide bonds. The van der Waals surface area contributed by atoms with Crippen molar-refractivity contribution in [2.45, 2.75) is 26.0 Å². The number of nitrogens with zero attached hydrogens (tertiary/aromatic N) is 2. The van der Waals surface area contributed by atoms with E-state index in [1.807, 2.05) is 13.8 Å². The van der Waals surface area contributed by atoms with Gasteiger partial charge in [-0.15, -0.1) is 0 Å². The van der Waals surface area contributed by atoms with Gasteiger partial charge in [0.05, 0.1) is 18.8 Å². The van der Waals surface area contributed by atoms with Gasteiger partial charge in [0, 0.05) is 0 Å². The van der Waals surface area contributed by atoms with Gasteiger partial charge in [0.1, 0.15) is 0 Å². The smallest absolute Gasteiger partial charge is 0.213 e. The fourth-order valence-electron chi connectivity index (χ4n) is 0.713. The standard InChI is InChI=1S/C7H13N3O2/c1-5(2)11-3-6(8)7-9-4-12-10-7/h4-6H,3,8H2,1-2H3. The molecule has 0 radical (unpaired) electrons. The van der Waals surface area contributed by atoms with Gasteiger partial charge in [-0.2, -0.15) is 4.98 Å². The molecule has 0 bridgehead atoms. The molecule has 0 aliphatic carbocycles. The van der Waals surface area contributed by atoms with Crippen LogP contribution in [0.4, 0.5) is 0 Å². The number of nitrogens with two attached hydrogens (primary N) is 1. The molecule has 1 rings (SSSR count). The topological polar surface area (TPSA) is 74.2 Å². The molecule has 0 aliphatic heterocycles. The first-order valence-corrected chi connectivity index (χ1v) is 3.83. The van der Waals surface area contributed by atoms with Gasteiger partial charge in [-0.05, 0) is 13.8 Å². The molecule has 1 heterocycles. The highest BCUT2D eigenvalue weighted by Gasteiger charge is 2.11. The van der Waals surface area contributed by atoms with E-state index in [2.05, 4.69) is 14.7 Å². The van der Waals surface area contributed by atoms with Crippen molar-refractivity contribution < 1.29 is 9.26 Å². The van der Waals surface area contributed by atoms with E-state index in [0.29, 0.717) is 12.4 Å². The van der Waals surface area contributed by atoms with Gasteiger partial charge in [0.25, 0.3) is 0 Å². The van der Waals surface area contributed by atoms with Crippen molar-refractivity contribution >= 4 is 0 Å². The molecule has 12 heavy (non-hydrogen) atoms.